The standard InChI is InChI=1S/C19H23N3O.ClH/c1-14-12-21(2)18-6-4-3-5-17(18)13-22(14)19(23)16-9-7-15(11-20)8-10-16;/h3-10,14H,11-13,20H2,1-2H3;1H. The highest BCUT2D eigenvalue weighted by molar-refractivity contribution is 5.94. The third kappa shape index (κ3) is 3.55. The highest BCUT2D eigenvalue weighted by Crippen LogP contribution is 2.27. The lowest BCUT2D eigenvalue weighted by atomic mass is 10.1. The second kappa shape index (κ2) is 7.69. The van der Waals surface area contributed by atoms with Crippen LogP contribution in [0, 0.1) is 0 Å². The Morgan fingerprint density at radius 3 is 2.50 bits per heavy atom. The van der Waals surface area contributed by atoms with E-state index in [0.29, 0.717) is 13.1 Å². The largest absolute Gasteiger partial charge is 0.372 e. The molecule has 0 bridgehead atoms. The number of nitrogens with two attached hydrogens (primary N) is 1. The first kappa shape index (κ1) is 18.3. The van der Waals surface area contributed by atoms with Gasteiger partial charge in [-0.15, -0.1) is 12.4 Å². The smallest absolute Gasteiger partial charge is 0.254 e. The van der Waals surface area contributed by atoms with Crippen molar-refractivity contribution in [2.24, 2.45) is 5.73 Å². The third-order valence-corrected chi connectivity index (χ3v) is 4.51. The van der Waals surface area contributed by atoms with Crippen LogP contribution in [0.15, 0.2) is 48.5 Å². The highest BCUT2D eigenvalue weighted by Gasteiger charge is 2.27. The minimum atomic E-state index is 0. The molecule has 2 aromatic rings. The summed E-state index contributed by atoms with van der Waals surface area (Å²) in [7, 11) is 2.08. The van der Waals surface area contributed by atoms with Crippen molar-refractivity contribution in [1.29, 1.82) is 0 Å². The van der Waals surface area contributed by atoms with E-state index in [1.165, 1.54) is 11.3 Å². The predicted octanol–water partition coefficient (Wildman–Crippen LogP) is 3.05. The van der Waals surface area contributed by atoms with Gasteiger partial charge in [-0.05, 0) is 36.2 Å². The summed E-state index contributed by atoms with van der Waals surface area (Å²) in [5.74, 6) is 0.0752. The number of hydrogen-bond acceptors (Lipinski definition) is 3. The lowest BCUT2D eigenvalue weighted by molar-refractivity contribution is 0.0687. The third-order valence-electron chi connectivity index (χ3n) is 4.51. The molecule has 24 heavy (non-hydrogen) atoms. The number of halogens is 1. The molecule has 3 rings (SSSR count). The molecular weight excluding hydrogens is 322 g/mol. The molecule has 1 amide bonds. The zero-order valence-electron chi connectivity index (χ0n) is 14.1. The first-order chi connectivity index (χ1) is 11.1. The molecule has 1 atom stereocenters. The maximum Gasteiger partial charge on any atom is 0.254 e. The van der Waals surface area contributed by atoms with Crippen molar-refractivity contribution in [1.82, 2.24) is 4.90 Å². The number of hydrogen-bond donors (Lipinski definition) is 1. The Morgan fingerprint density at radius 2 is 1.83 bits per heavy atom. The van der Waals surface area contributed by atoms with Gasteiger partial charge < -0.3 is 15.5 Å². The summed E-state index contributed by atoms with van der Waals surface area (Å²) in [6.07, 6.45) is 0. The molecule has 2 aromatic carbocycles. The molecule has 0 spiro atoms. The van der Waals surface area contributed by atoms with Crippen LogP contribution in [-0.4, -0.2) is 30.4 Å². The van der Waals surface area contributed by atoms with Crippen molar-refractivity contribution in [2.45, 2.75) is 26.1 Å². The summed E-state index contributed by atoms with van der Waals surface area (Å²) in [5.41, 5.74) is 9.77. The average molecular weight is 346 g/mol. The van der Waals surface area contributed by atoms with E-state index in [-0.39, 0.29) is 24.4 Å². The first-order valence-corrected chi connectivity index (χ1v) is 7.99. The Balaban J connectivity index is 0.00000208. The normalized spacial score (nSPS) is 16.9. The van der Waals surface area contributed by atoms with Crippen molar-refractivity contribution in [3.63, 3.8) is 0 Å². The van der Waals surface area contributed by atoms with Crippen LogP contribution in [0.5, 0.6) is 0 Å². The zero-order chi connectivity index (χ0) is 16.4. The second-order valence-electron chi connectivity index (χ2n) is 6.19. The average Bonchev–Trinajstić information content (AvgIpc) is 2.71. The highest BCUT2D eigenvalue weighted by atomic mass is 35.5. The van der Waals surface area contributed by atoms with E-state index >= 15 is 0 Å². The van der Waals surface area contributed by atoms with Gasteiger partial charge in [0.25, 0.3) is 5.91 Å². The molecule has 5 heteroatoms. The molecule has 0 saturated heterocycles. The molecule has 2 N–H and O–H groups in total. The summed E-state index contributed by atoms with van der Waals surface area (Å²) >= 11 is 0. The molecule has 1 aliphatic rings. The lowest BCUT2D eigenvalue weighted by Crippen LogP contribution is -2.41. The van der Waals surface area contributed by atoms with Crippen molar-refractivity contribution < 1.29 is 4.79 Å². The van der Waals surface area contributed by atoms with Gasteiger partial charge in [-0.1, -0.05) is 30.3 Å². The quantitative estimate of drug-likeness (QED) is 0.910. The Morgan fingerprint density at radius 1 is 1.17 bits per heavy atom. The van der Waals surface area contributed by atoms with Crippen LogP contribution in [-0.2, 0) is 13.1 Å². The van der Waals surface area contributed by atoms with Crippen LogP contribution < -0.4 is 10.6 Å². The van der Waals surface area contributed by atoms with E-state index in [1.807, 2.05) is 41.3 Å². The van der Waals surface area contributed by atoms with Gasteiger partial charge in [-0.25, -0.2) is 0 Å². The molecule has 0 radical (unpaired) electrons. The number of nitrogens with zero attached hydrogens (tertiary/aromatic N) is 2. The van der Waals surface area contributed by atoms with Crippen LogP contribution in [0.1, 0.15) is 28.4 Å². The Hall–Kier alpha value is -2.04. The Labute approximate surface area is 149 Å². The summed E-state index contributed by atoms with van der Waals surface area (Å²) in [5, 5.41) is 0. The minimum absolute atomic E-state index is 0. The number of rotatable bonds is 2. The molecule has 1 aliphatic heterocycles. The number of carbonyl (C=O) groups is 1. The lowest BCUT2D eigenvalue weighted by Gasteiger charge is -2.28. The van der Waals surface area contributed by atoms with Gasteiger partial charge in [-0.3, -0.25) is 4.79 Å². The van der Waals surface area contributed by atoms with Gasteiger partial charge in [0.1, 0.15) is 0 Å². The fourth-order valence-electron chi connectivity index (χ4n) is 3.17. The maximum atomic E-state index is 13.0. The van der Waals surface area contributed by atoms with Gasteiger partial charge in [0.05, 0.1) is 0 Å². The van der Waals surface area contributed by atoms with Crippen LogP contribution in [0.25, 0.3) is 0 Å². The van der Waals surface area contributed by atoms with Gasteiger partial charge >= 0.3 is 0 Å². The Bertz CT molecular complexity index is 702. The van der Waals surface area contributed by atoms with Crippen LogP contribution in [0.3, 0.4) is 0 Å². The van der Waals surface area contributed by atoms with E-state index in [2.05, 4.69) is 31.0 Å². The number of benzene rings is 2. The van der Waals surface area contributed by atoms with Gasteiger partial charge in [-0.2, -0.15) is 0 Å². The number of carbonyl (C=O) groups excluding carboxylic acids is 1. The van der Waals surface area contributed by atoms with E-state index in [0.717, 1.165) is 17.7 Å². The van der Waals surface area contributed by atoms with Gasteiger partial charge in [0.2, 0.25) is 0 Å². The molecule has 4 nitrogen and oxygen atoms in total. The van der Waals surface area contributed by atoms with E-state index < -0.39 is 0 Å². The predicted molar refractivity (Wildman–Crippen MR) is 101 cm³/mol. The first-order valence-electron chi connectivity index (χ1n) is 7.99. The van der Waals surface area contributed by atoms with Gasteiger partial charge in [0.15, 0.2) is 0 Å². The summed E-state index contributed by atoms with van der Waals surface area (Å²) in [6.45, 7) is 4.06. The van der Waals surface area contributed by atoms with Crippen LogP contribution >= 0.6 is 12.4 Å². The fourth-order valence-corrected chi connectivity index (χ4v) is 3.17. The summed E-state index contributed by atoms with van der Waals surface area (Å²) in [6, 6.07) is 16.0. The Kier molecular flexibility index (Phi) is 5.86. The molecule has 0 saturated carbocycles. The van der Waals surface area contributed by atoms with Crippen molar-refractivity contribution in [2.75, 3.05) is 18.5 Å². The zero-order valence-corrected chi connectivity index (χ0v) is 14.9. The SMILES string of the molecule is CC1CN(C)c2ccccc2CN1C(=O)c1ccc(CN)cc1.Cl. The monoisotopic (exact) mass is 345 g/mol. The number of anilines is 1. The van der Waals surface area contributed by atoms with Crippen LogP contribution in [0.2, 0.25) is 0 Å². The molecular formula is C19H24ClN3O. The number of amides is 1. The van der Waals surface area contributed by atoms with Crippen molar-refractivity contribution in [3.8, 4) is 0 Å². The summed E-state index contributed by atoms with van der Waals surface area (Å²) in [4.78, 5) is 17.1. The van der Waals surface area contributed by atoms with E-state index in [1.54, 1.807) is 0 Å². The molecule has 1 heterocycles. The fraction of sp³-hybridized carbons (Fsp3) is 0.316. The van der Waals surface area contributed by atoms with E-state index in [4.69, 9.17) is 5.73 Å². The second-order valence-corrected chi connectivity index (χ2v) is 6.19. The number of fused-ring (bicyclic) bond motifs is 1. The molecule has 0 aromatic heterocycles. The van der Waals surface area contributed by atoms with Gasteiger partial charge in [0, 0.05) is 44.0 Å². The topological polar surface area (TPSA) is 49.6 Å². The molecule has 0 aliphatic carbocycles. The molecule has 1 unspecified atom stereocenters. The molecule has 0 fully saturated rings. The number of likely N-dealkylation sites (N-methyl/N-ethyl adjacent to an activating group) is 1. The summed E-state index contributed by atoms with van der Waals surface area (Å²) < 4.78 is 0. The van der Waals surface area contributed by atoms with Crippen molar-refractivity contribution in [3.05, 3.63) is 65.2 Å². The minimum Gasteiger partial charge on any atom is -0.372 e. The van der Waals surface area contributed by atoms with Crippen LogP contribution in [0.4, 0.5) is 5.69 Å². The van der Waals surface area contributed by atoms with Crippen molar-refractivity contribution >= 4 is 24.0 Å². The molecule has 128 valence electrons. The maximum absolute atomic E-state index is 13.0. The van der Waals surface area contributed by atoms with E-state index in [9.17, 15) is 4.79 Å². The number of para-hydroxylation sites is 1.